The number of benzene rings is 2. The normalized spacial score (nSPS) is 14.1. The number of methoxy groups -OCH3 is 1. The lowest BCUT2D eigenvalue weighted by molar-refractivity contribution is -0.136. The quantitative estimate of drug-likeness (QED) is 0.502. The van der Waals surface area contributed by atoms with Crippen molar-refractivity contribution in [3.05, 3.63) is 65.4 Å². The number of carbonyl (C=O) groups is 2. The molecule has 1 aliphatic rings. The predicted octanol–water partition coefficient (Wildman–Crippen LogP) is 4.01. The zero-order chi connectivity index (χ0) is 21.7. The lowest BCUT2D eigenvalue weighted by atomic mass is 10.0. The van der Waals surface area contributed by atoms with Crippen molar-refractivity contribution in [2.75, 3.05) is 25.6 Å². The summed E-state index contributed by atoms with van der Waals surface area (Å²) in [4.78, 5) is 27.5. The van der Waals surface area contributed by atoms with Gasteiger partial charge in [0, 0.05) is 25.9 Å². The zero-order valence-electron chi connectivity index (χ0n) is 17.9. The van der Waals surface area contributed by atoms with E-state index in [0.29, 0.717) is 36.5 Å². The van der Waals surface area contributed by atoms with Crippen LogP contribution in [0.5, 0.6) is 5.75 Å². The van der Waals surface area contributed by atoms with E-state index in [-0.39, 0.29) is 17.9 Å². The molecule has 3 rings (SSSR count). The fourth-order valence-corrected chi connectivity index (χ4v) is 3.28. The fourth-order valence-electron chi connectivity index (χ4n) is 3.28. The van der Waals surface area contributed by atoms with E-state index >= 15 is 0 Å². The molecule has 6 heteroatoms. The molecule has 0 spiro atoms. The maximum absolute atomic E-state index is 13.1. The van der Waals surface area contributed by atoms with Gasteiger partial charge in [-0.15, -0.1) is 0 Å². The first-order valence-corrected chi connectivity index (χ1v) is 10.1. The second kappa shape index (κ2) is 9.59. The van der Waals surface area contributed by atoms with Crippen LogP contribution in [0.2, 0.25) is 0 Å². The van der Waals surface area contributed by atoms with Gasteiger partial charge in [0.15, 0.2) is 0 Å². The van der Waals surface area contributed by atoms with Gasteiger partial charge in [-0.1, -0.05) is 29.8 Å². The molecule has 0 fully saturated rings. The number of rotatable bonds is 9. The van der Waals surface area contributed by atoms with Crippen molar-refractivity contribution in [2.24, 2.45) is 0 Å². The molecule has 0 radical (unpaired) electrons. The van der Waals surface area contributed by atoms with E-state index in [1.807, 2.05) is 69.3 Å². The van der Waals surface area contributed by atoms with E-state index in [0.717, 1.165) is 16.9 Å². The highest BCUT2D eigenvalue weighted by Gasteiger charge is 2.38. The minimum atomic E-state index is -0.325. The molecule has 1 heterocycles. The number of carbonyl (C=O) groups excluding carboxylic acids is 2. The topological polar surface area (TPSA) is 67.9 Å². The molecule has 6 nitrogen and oxygen atoms in total. The van der Waals surface area contributed by atoms with Crippen LogP contribution in [0.4, 0.5) is 5.69 Å². The molecule has 0 saturated heterocycles. The SMILES string of the molecule is COCCCN1C(=O)C(Nc2ccc(OC(C)C)cc2)=C(c2ccc(C)cc2)C1=O. The van der Waals surface area contributed by atoms with Crippen LogP contribution >= 0.6 is 0 Å². The van der Waals surface area contributed by atoms with Gasteiger partial charge >= 0.3 is 0 Å². The molecule has 2 aromatic carbocycles. The Morgan fingerprint density at radius 3 is 2.23 bits per heavy atom. The van der Waals surface area contributed by atoms with E-state index in [9.17, 15) is 9.59 Å². The summed E-state index contributed by atoms with van der Waals surface area (Å²) in [6.07, 6.45) is 0.665. The van der Waals surface area contributed by atoms with Crippen molar-refractivity contribution in [3.8, 4) is 5.75 Å². The van der Waals surface area contributed by atoms with Crippen LogP contribution in [-0.2, 0) is 14.3 Å². The Morgan fingerprint density at radius 1 is 0.967 bits per heavy atom. The summed E-state index contributed by atoms with van der Waals surface area (Å²) in [5.74, 6) is 0.134. The molecule has 30 heavy (non-hydrogen) atoms. The van der Waals surface area contributed by atoms with Gasteiger partial charge < -0.3 is 14.8 Å². The number of imide groups is 1. The Labute approximate surface area is 177 Å². The molecule has 2 amide bonds. The van der Waals surface area contributed by atoms with E-state index in [1.54, 1.807) is 7.11 Å². The number of ether oxygens (including phenoxy) is 2. The predicted molar refractivity (Wildman–Crippen MR) is 117 cm³/mol. The lowest BCUT2D eigenvalue weighted by Gasteiger charge is -2.15. The van der Waals surface area contributed by atoms with Gasteiger partial charge in [0.25, 0.3) is 11.8 Å². The molecule has 0 aliphatic carbocycles. The van der Waals surface area contributed by atoms with Gasteiger partial charge in [0.05, 0.1) is 11.7 Å². The van der Waals surface area contributed by atoms with Crippen molar-refractivity contribution in [3.63, 3.8) is 0 Å². The van der Waals surface area contributed by atoms with Crippen LogP contribution in [0.15, 0.2) is 54.2 Å². The molecule has 2 aromatic rings. The third-order valence-electron chi connectivity index (χ3n) is 4.73. The largest absolute Gasteiger partial charge is 0.491 e. The van der Waals surface area contributed by atoms with Crippen LogP contribution in [0.25, 0.3) is 5.57 Å². The standard InChI is InChI=1S/C24H28N2O4/c1-16(2)30-20-12-10-19(11-13-20)25-22-21(18-8-6-17(3)7-9-18)23(27)26(24(22)28)14-5-15-29-4/h6-13,16,25H,5,14-15H2,1-4H3. The number of aryl methyl sites for hydroxylation is 1. The van der Waals surface area contributed by atoms with Crippen LogP contribution < -0.4 is 10.1 Å². The summed E-state index contributed by atoms with van der Waals surface area (Å²) in [5, 5.41) is 3.17. The van der Waals surface area contributed by atoms with Crippen molar-refractivity contribution >= 4 is 23.1 Å². The second-order valence-electron chi connectivity index (χ2n) is 7.54. The lowest BCUT2D eigenvalue weighted by Crippen LogP contribution is -2.33. The second-order valence-corrected chi connectivity index (χ2v) is 7.54. The van der Waals surface area contributed by atoms with Gasteiger partial charge in [-0.3, -0.25) is 14.5 Å². The van der Waals surface area contributed by atoms with Gasteiger partial charge in [0.1, 0.15) is 11.4 Å². The molecular formula is C24H28N2O4. The minimum absolute atomic E-state index is 0.0781. The highest BCUT2D eigenvalue weighted by Crippen LogP contribution is 2.31. The van der Waals surface area contributed by atoms with Crippen molar-refractivity contribution < 1.29 is 19.1 Å². The molecule has 0 saturated carbocycles. The smallest absolute Gasteiger partial charge is 0.278 e. The summed E-state index contributed by atoms with van der Waals surface area (Å²) in [6.45, 7) is 6.71. The fraction of sp³-hybridized carbons (Fsp3) is 0.333. The van der Waals surface area contributed by atoms with E-state index in [2.05, 4.69) is 5.32 Å². The monoisotopic (exact) mass is 408 g/mol. The maximum atomic E-state index is 13.1. The first kappa shape index (κ1) is 21.6. The molecule has 1 aliphatic heterocycles. The zero-order valence-corrected chi connectivity index (χ0v) is 17.9. The number of nitrogens with one attached hydrogen (secondary N) is 1. The number of anilines is 1. The number of hydrogen-bond donors (Lipinski definition) is 1. The molecule has 0 atom stereocenters. The Morgan fingerprint density at radius 2 is 1.63 bits per heavy atom. The van der Waals surface area contributed by atoms with Crippen LogP contribution in [0, 0.1) is 6.92 Å². The van der Waals surface area contributed by atoms with Crippen molar-refractivity contribution in [1.82, 2.24) is 4.90 Å². The highest BCUT2D eigenvalue weighted by atomic mass is 16.5. The van der Waals surface area contributed by atoms with Crippen molar-refractivity contribution in [1.29, 1.82) is 0 Å². The summed E-state index contributed by atoms with van der Waals surface area (Å²) >= 11 is 0. The summed E-state index contributed by atoms with van der Waals surface area (Å²) in [6, 6.07) is 15.0. The third-order valence-corrected chi connectivity index (χ3v) is 4.73. The first-order valence-electron chi connectivity index (χ1n) is 10.1. The van der Waals surface area contributed by atoms with Crippen LogP contribution in [0.1, 0.15) is 31.4 Å². The number of nitrogens with zero attached hydrogens (tertiary/aromatic N) is 1. The van der Waals surface area contributed by atoms with Gasteiger partial charge in [-0.2, -0.15) is 0 Å². The summed E-state index contributed by atoms with van der Waals surface area (Å²) in [5.41, 5.74) is 3.20. The summed E-state index contributed by atoms with van der Waals surface area (Å²) in [7, 11) is 1.60. The Bertz CT molecular complexity index is 931. The molecule has 158 valence electrons. The van der Waals surface area contributed by atoms with Gasteiger partial charge in [-0.25, -0.2) is 0 Å². The molecule has 0 unspecified atom stereocenters. The number of amides is 2. The van der Waals surface area contributed by atoms with E-state index in [1.165, 1.54) is 4.90 Å². The molecule has 0 aromatic heterocycles. The number of hydrogen-bond acceptors (Lipinski definition) is 5. The maximum Gasteiger partial charge on any atom is 0.278 e. The minimum Gasteiger partial charge on any atom is -0.491 e. The Balaban J connectivity index is 1.91. The first-order chi connectivity index (χ1) is 14.4. The van der Waals surface area contributed by atoms with Crippen molar-refractivity contribution in [2.45, 2.75) is 33.3 Å². The molecular weight excluding hydrogens is 380 g/mol. The highest BCUT2D eigenvalue weighted by molar-refractivity contribution is 6.36. The van der Waals surface area contributed by atoms with Crippen LogP contribution in [-0.4, -0.2) is 43.1 Å². The summed E-state index contributed by atoms with van der Waals surface area (Å²) < 4.78 is 10.7. The molecule has 1 N–H and O–H groups in total. The third kappa shape index (κ3) is 4.89. The van der Waals surface area contributed by atoms with Gasteiger partial charge in [0.2, 0.25) is 0 Å². The van der Waals surface area contributed by atoms with E-state index < -0.39 is 0 Å². The average Bonchev–Trinajstić information content (AvgIpc) is 2.94. The Kier molecular flexibility index (Phi) is 6.90. The van der Waals surface area contributed by atoms with Crippen LogP contribution in [0.3, 0.4) is 0 Å². The molecule has 0 bridgehead atoms. The Hall–Kier alpha value is -3.12. The average molecular weight is 408 g/mol. The van der Waals surface area contributed by atoms with Gasteiger partial charge in [-0.05, 0) is 57.0 Å². The van der Waals surface area contributed by atoms with E-state index in [4.69, 9.17) is 9.47 Å².